The van der Waals surface area contributed by atoms with E-state index in [1.165, 1.54) is 32.9 Å². The monoisotopic (exact) mass is 501 g/mol. The van der Waals surface area contributed by atoms with Gasteiger partial charge in [-0.1, -0.05) is 64.5 Å². The molecule has 0 fully saturated rings. The molecule has 1 aromatic heterocycles. The van der Waals surface area contributed by atoms with E-state index in [1.54, 1.807) is 0 Å². The maximum Gasteiger partial charge on any atom is 0.213 e. The van der Waals surface area contributed by atoms with Gasteiger partial charge in [-0.05, 0) is 29.8 Å². The molecule has 3 aromatic carbocycles. The molecule has 0 bridgehead atoms. The summed E-state index contributed by atoms with van der Waals surface area (Å²) < 4.78 is 3.36. The molecule has 0 N–H and O–H groups in total. The normalized spacial score (nSPS) is 11.1. The highest BCUT2D eigenvalue weighted by atomic mass is 127. The summed E-state index contributed by atoms with van der Waals surface area (Å²) in [6.45, 7) is 0. The van der Waals surface area contributed by atoms with Crippen LogP contribution < -0.4 is 28.5 Å². The van der Waals surface area contributed by atoms with Crippen LogP contribution >= 0.6 is 15.9 Å². The summed E-state index contributed by atoms with van der Waals surface area (Å²) in [7, 11) is 2.13. The number of para-hydroxylation sites is 2. The van der Waals surface area contributed by atoms with Crippen molar-refractivity contribution in [2.45, 2.75) is 0 Å². The maximum atomic E-state index is 3.49. The smallest absolute Gasteiger partial charge is 0.213 e. The molecule has 1 nitrogen and oxygen atoms in total. The van der Waals surface area contributed by atoms with Crippen molar-refractivity contribution >= 4 is 49.9 Å². The number of aromatic nitrogens is 1. The van der Waals surface area contributed by atoms with E-state index in [0.717, 1.165) is 4.47 Å². The quantitative estimate of drug-likeness (QED) is 0.226. The van der Waals surface area contributed by atoms with E-state index in [2.05, 4.69) is 112 Å². The first-order valence-corrected chi connectivity index (χ1v) is 8.76. The Hall–Kier alpha value is -1.72. The van der Waals surface area contributed by atoms with E-state index in [-0.39, 0.29) is 24.0 Å². The molecule has 1 heterocycles. The average Bonchev–Trinajstić information content (AvgIpc) is 2.63. The van der Waals surface area contributed by atoms with Crippen LogP contribution in [0.2, 0.25) is 0 Å². The predicted octanol–water partition coefficient (Wildman–Crippen LogP) is 2.75. The Labute approximate surface area is 173 Å². The molecule has 0 aliphatic rings. The van der Waals surface area contributed by atoms with Gasteiger partial charge in [0.15, 0.2) is 0 Å². The molecule has 0 saturated heterocycles. The highest BCUT2D eigenvalue weighted by molar-refractivity contribution is 9.10. The number of benzene rings is 3. The largest absolute Gasteiger partial charge is 1.00 e. The molecule has 4 aromatic rings. The van der Waals surface area contributed by atoms with Crippen molar-refractivity contribution in [1.29, 1.82) is 0 Å². The van der Waals surface area contributed by atoms with E-state index in [0.29, 0.717) is 0 Å². The second kappa shape index (κ2) is 7.67. The number of nitrogens with zero attached hydrogens (tertiary/aromatic N) is 1. The summed E-state index contributed by atoms with van der Waals surface area (Å²) in [6.07, 6.45) is 4.41. The topological polar surface area (TPSA) is 3.88 Å². The van der Waals surface area contributed by atoms with Gasteiger partial charge < -0.3 is 24.0 Å². The van der Waals surface area contributed by atoms with Gasteiger partial charge >= 0.3 is 0 Å². The third-order valence-corrected chi connectivity index (χ3v) is 4.95. The zero-order valence-electron chi connectivity index (χ0n) is 13.8. The van der Waals surface area contributed by atoms with Crippen molar-refractivity contribution < 1.29 is 28.5 Å². The molecule has 25 heavy (non-hydrogen) atoms. The van der Waals surface area contributed by atoms with Gasteiger partial charge in [-0.25, -0.2) is 0 Å². The number of halogens is 2. The molecule has 0 spiro atoms. The number of pyridine rings is 1. The number of rotatable bonds is 2. The van der Waals surface area contributed by atoms with Gasteiger partial charge in [0.2, 0.25) is 11.0 Å². The standard InChI is InChI=1S/C22H17BrN.HI/c1-24-21-8-4-2-6-19(21)18(20-7-3-5-9-22(20)24)15-12-16-10-13-17(23)14-11-16;/h2-15H,1H3;1H/q+1;/p-1/b15-12+;. The molecule has 0 atom stereocenters. The molecule has 0 unspecified atom stereocenters. The van der Waals surface area contributed by atoms with Crippen molar-refractivity contribution in [2.24, 2.45) is 7.05 Å². The lowest BCUT2D eigenvalue weighted by molar-refractivity contribution is -0.617. The minimum absolute atomic E-state index is 0. The van der Waals surface area contributed by atoms with Crippen LogP contribution in [-0.4, -0.2) is 0 Å². The number of aryl methyl sites for hydroxylation is 1. The van der Waals surface area contributed by atoms with Crippen LogP contribution in [0.15, 0.2) is 77.3 Å². The van der Waals surface area contributed by atoms with E-state index in [1.807, 2.05) is 0 Å². The van der Waals surface area contributed by atoms with Crippen molar-refractivity contribution in [1.82, 2.24) is 0 Å². The lowest BCUT2D eigenvalue weighted by atomic mass is 10.0. The SMILES string of the molecule is C[n+]1c2ccccc2c(/C=C/c2ccc(Br)cc2)c2ccccc21.[I-]. The summed E-state index contributed by atoms with van der Waals surface area (Å²) >= 11 is 3.49. The first kappa shape index (κ1) is 18.1. The first-order valence-electron chi connectivity index (χ1n) is 7.97. The summed E-state index contributed by atoms with van der Waals surface area (Å²) in [5.74, 6) is 0. The fourth-order valence-corrected chi connectivity index (χ4v) is 3.46. The lowest BCUT2D eigenvalue weighted by Gasteiger charge is -2.07. The van der Waals surface area contributed by atoms with Gasteiger partial charge in [-0.3, -0.25) is 0 Å². The summed E-state index contributed by atoms with van der Waals surface area (Å²) in [5.41, 5.74) is 4.94. The second-order valence-corrected chi connectivity index (χ2v) is 6.81. The van der Waals surface area contributed by atoms with Gasteiger partial charge in [0.05, 0.1) is 10.8 Å². The Morgan fingerprint density at radius 3 is 1.80 bits per heavy atom. The highest BCUT2D eigenvalue weighted by Crippen LogP contribution is 2.26. The van der Waals surface area contributed by atoms with Crippen LogP contribution in [-0.2, 0) is 7.05 Å². The third-order valence-electron chi connectivity index (χ3n) is 4.42. The molecule has 3 heteroatoms. The number of hydrogen-bond donors (Lipinski definition) is 0. The maximum absolute atomic E-state index is 3.49. The van der Waals surface area contributed by atoms with Gasteiger partial charge in [0.1, 0.15) is 7.05 Å². The molecule has 0 saturated carbocycles. The fraction of sp³-hybridized carbons (Fsp3) is 0.0455. The molecule has 0 radical (unpaired) electrons. The number of fused-ring (bicyclic) bond motifs is 2. The van der Waals surface area contributed by atoms with E-state index in [4.69, 9.17) is 0 Å². The van der Waals surface area contributed by atoms with Crippen LogP contribution in [0.3, 0.4) is 0 Å². The second-order valence-electron chi connectivity index (χ2n) is 5.89. The molecule has 4 rings (SSSR count). The van der Waals surface area contributed by atoms with Crippen molar-refractivity contribution in [3.8, 4) is 0 Å². The lowest BCUT2D eigenvalue weighted by Crippen LogP contribution is -3.00. The summed E-state index contributed by atoms with van der Waals surface area (Å²) in [5, 5.41) is 2.54. The zero-order valence-corrected chi connectivity index (χ0v) is 17.5. The third kappa shape index (κ3) is 3.48. The van der Waals surface area contributed by atoms with Gasteiger partial charge in [-0.2, -0.15) is 4.57 Å². The first-order chi connectivity index (χ1) is 11.7. The van der Waals surface area contributed by atoms with Gasteiger partial charge in [0.25, 0.3) is 0 Å². The molecular weight excluding hydrogens is 485 g/mol. The Morgan fingerprint density at radius 1 is 0.720 bits per heavy atom. The summed E-state index contributed by atoms with van der Waals surface area (Å²) in [6, 6.07) is 25.5. The van der Waals surface area contributed by atoms with Gasteiger partial charge in [-0.15, -0.1) is 0 Å². The minimum Gasteiger partial charge on any atom is -1.00 e. The Bertz CT molecular complexity index is 1010. The molecular formula is C22H17BrIN. The minimum atomic E-state index is 0. The molecule has 0 aliphatic carbocycles. The predicted molar refractivity (Wildman–Crippen MR) is 106 cm³/mol. The average molecular weight is 502 g/mol. The van der Waals surface area contributed by atoms with Crippen LogP contribution in [0.4, 0.5) is 0 Å². The fourth-order valence-electron chi connectivity index (χ4n) is 3.20. The molecule has 0 amide bonds. The van der Waals surface area contributed by atoms with Crippen molar-refractivity contribution in [2.75, 3.05) is 0 Å². The van der Waals surface area contributed by atoms with Crippen LogP contribution in [0.25, 0.3) is 34.0 Å². The van der Waals surface area contributed by atoms with Gasteiger partial charge in [0, 0.05) is 22.2 Å². The Morgan fingerprint density at radius 2 is 1.24 bits per heavy atom. The zero-order chi connectivity index (χ0) is 16.5. The Kier molecular flexibility index (Phi) is 5.54. The van der Waals surface area contributed by atoms with Crippen LogP contribution in [0, 0.1) is 0 Å². The summed E-state index contributed by atoms with van der Waals surface area (Å²) in [4.78, 5) is 0. The van der Waals surface area contributed by atoms with Crippen molar-refractivity contribution in [3.05, 3.63) is 88.4 Å². The van der Waals surface area contributed by atoms with Crippen LogP contribution in [0.5, 0.6) is 0 Å². The molecule has 124 valence electrons. The molecule has 0 aliphatic heterocycles. The number of hydrogen-bond acceptors (Lipinski definition) is 0. The van der Waals surface area contributed by atoms with Crippen LogP contribution in [0.1, 0.15) is 11.1 Å². The Balaban J connectivity index is 0.00000182. The van der Waals surface area contributed by atoms with E-state index in [9.17, 15) is 0 Å². The van der Waals surface area contributed by atoms with E-state index < -0.39 is 0 Å². The van der Waals surface area contributed by atoms with E-state index >= 15 is 0 Å². The highest BCUT2D eigenvalue weighted by Gasteiger charge is 2.15. The van der Waals surface area contributed by atoms with Crippen molar-refractivity contribution in [3.63, 3.8) is 0 Å².